The highest BCUT2D eigenvalue weighted by Gasteiger charge is 2.25. The maximum atomic E-state index is 11.4. The van der Waals surface area contributed by atoms with Crippen LogP contribution in [-0.2, 0) is 25.7 Å². The van der Waals surface area contributed by atoms with Gasteiger partial charge in [0, 0.05) is 16.8 Å². The number of hydrogen-bond donors (Lipinski definition) is 2. The van der Waals surface area contributed by atoms with Gasteiger partial charge in [0.25, 0.3) is 0 Å². The summed E-state index contributed by atoms with van der Waals surface area (Å²) in [6, 6.07) is 16.6. The molecule has 0 unspecified atom stereocenters. The first-order valence-electron chi connectivity index (χ1n) is 13.0. The van der Waals surface area contributed by atoms with Crippen molar-refractivity contribution < 1.29 is 19.7 Å². The third kappa shape index (κ3) is 5.52. The van der Waals surface area contributed by atoms with Crippen LogP contribution in [-0.4, -0.2) is 42.8 Å². The van der Waals surface area contributed by atoms with Crippen molar-refractivity contribution in [3.05, 3.63) is 76.3 Å². The summed E-state index contributed by atoms with van der Waals surface area (Å²) in [5, 5.41) is 21.4. The number of ether oxygens (including phenoxy) is 2. The van der Waals surface area contributed by atoms with Gasteiger partial charge in [-0.2, -0.15) is 0 Å². The Kier molecular flexibility index (Phi) is 7.93. The Hall–Kier alpha value is -3.31. The third-order valence-electron chi connectivity index (χ3n) is 7.45. The summed E-state index contributed by atoms with van der Waals surface area (Å²) < 4.78 is 11.3. The Balaban J connectivity index is 1.79. The molecule has 2 N–H and O–H groups in total. The zero-order chi connectivity index (χ0) is 26.7. The van der Waals surface area contributed by atoms with Gasteiger partial charge in [0.2, 0.25) is 0 Å². The molecule has 3 aromatic rings. The monoisotopic (exact) mass is 501 g/mol. The van der Waals surface area contributed by atoms with E-state index in [0.717, 1.165) is 58.5 Å². The molecule has 4 aliphatic carbocycles. The van der Waals surface area contributed by atoms with E-state index in [0.29, 0.717) is 17.9 Å². The molecule has 0 aliphatic heterocycles. The fraction of sp³-hybridized carbons (Fsp3) is 0.406. The first-order chi connectivity index (χ1) is 17.7. The van der Waals surface area contributed by atoms with Gasteiger partial charge in [0.05, 0.1) is 26.9 Å². The number of aliphatic imine (C=N–C) groups is 1. The lowest BCUT2D eigenvalue weighted by Gasteiger charge is -2.27. The minimum atomic E-state index is -0.241. The normalized spacial score (nSPS) is 14.7. The van der Waals surface area contributed by atoms with Gasteiger partial charge in [-0.15, -0.1) is 0 Å². The number of hydrogen-bond acceptors (Lipinski definition) is 5. The molecule has 0 amide bonds. The highest BCUT2D eigenvalue weighted by molar-refractivity contribution is 6.03. The van der Waals surface area contributed by atoms with Crippen LogP contribution in [0.5, 0.6) is 17.2 Å². The quantitative estimate of drug-likeness (QED) is 0.396. The van der Waals surface area contributed by atoms with E-state index < -0.39 is 0 Å². The van der Waals surface area contributed by atoms with Gasteiger partial charge in [-0.1, -0.05) is 63.2 Å². The molecule has 196 valence electrons. The van der Waals surface area contributed by atoms with E-state index in [1.165, 1.54) is 11.1 Å². The van der Waals surface area contributed by atoms with Crippen LogP contribution in [0.4, 0.5) is 0 Å². The highest BCUT2D eigenvalue weighted by Crippen LogP contribution is 2.41. The molecule has 0 saturated carbocycles. The number of para-hydroxylation sites is 1. The molecule has 0 spiro atoms. The molecule has 0 heterocycles. The number of aliphatic hydroxyl groups is 1. The molecule has 37 heavy (non-hydrogen) atoms. The molecule has 3 aromatic carbocycles. The third-order valence-corrected chi connectivity index (χ3v) is 7.45. The minimum Gasteiger partial charge on any atom is -0.507 e. The van der Waals surface area contributed by atoms with Gasteiger partial charge in [-0.05, 0) is 71.9 Å². The summed E-state index contributed by atoms with van der Waals surface area (Å²) in [5.74, 6) is 1.74. The van der Waals surface area contributed by atoms with Crippen molar-refractivity contribution in [1.29, 1.82) is 0 Å². The molecular formula is C32H39NO4. The van der Waals surface area contributed by atoms with Crippen LogP contribution >= 0.6 is 0 Å². The Morgan fingerprint density at radius 3 is 2.24 bits per heavy atom. The molecule has 7 rings (SSSR count). The van der Waals surface area contributed by atoms with Crippen LogP contribution < -0.4 is 9.47 Å². The maximum Gasteiger partial charge on any atom is 0.168 e. The molecule has 5 heteroatoms. The molecule has 1 atom stereocenters. The van der Waals surface area contributed by atoms with Crippen molar-refractivity contribution in [2.45, 2.75) is 59.4 Å². The van der Waals surface area contributed by atoms with E-state index in [1.807, 2.05) is 19.1 Å². The average Bonchev–Trinajstić information content (AvgIpc) is 2.87. The van der Waals surface area contributed by atoms with E-state index in [-0.39, 0.29) is 18.1 Å². The number of benzene rings is 3. The molecule has 0 radical (unpaired) electrons. The molecule has 5 nitrogen and oxygen atoms in total. The fourth-order valence-electron chi connectivity index (χ4n) is 5.19. The average molecular weight is 502 g/mol. The smallest absolute Gasteiger partial charge is 0.168 e. The van der Waals surface area contributed by atoms with Crippen molar-refractivity contribution in [1.82, 2.24) is 0 Å². The molecular weight excluding hydrogens is 462 g/mol. The molecule has 4 aliphatic rings. The highest BCUT2D eigenvalue weighted by atomic mass is 16.5. The molecule has 0 saturated heterocycles. The molecule has 0 fully saturated rings. The van der Waals surface area contributed by atoms with Gasteiger partial charge in [0.1, 0.15) is 5.75 Å². The van der Waals surface area contributed by atoms with E-state index >= 15 is 0 Å². The zero-order valence-electron chi connectivity index (χ0n) is 22.9. The van der Waals surface area contributed by atoms with Crippen LogP contribution in [0, 0.1) is 5.41 Å². The van der Waals surface area contributed by atoms with E-state index in [9.17, 15) is 10.2 Å². The fourth-order valence-corrected chi connectivity index (χ4v) is 5.19. The SMILES string of the molecule is COc1cccc(-c2cc3ccc2CCc2ccc(c(C(C)=N[C@H](CO)C(C)(C)C)c2O)CC3)c1OC. The number of aliphatic hydroxyl groups excluding tert-OH is 1. The summed E-state index contributed by atoms with van der Waals surface area (Å²) in [6.07, 6.45) is 3.04. The number of aromatic hydroxyl groups is 1. The summed E-state index contributed by atoms with van der Waals surface area (Å²) in [4.78, 5) is 4.88. The topological polar surface area (TPSA) is 71.3 Å². The van der Waals surface area contributed by atoms with E-state index in [4.69, 9.17) is 14.5 Å². The second-order valence-corrected chi connectivity index (χ2v) is 10.9. The van der Waals surface area contributed by atoms with Crippen molar-refractivity contribution in [2.75, 3.05) is 20.8 Å². The Labute approximate surface area is 220 Å². The van der Waals surface area contributed by atoms with Crippen molar-refractivity contribution in [2.24, 2.45) is 10.4 Å². The maximum absolute atomic E-state index is 11.4. The van der Waals surface area contributed by atoms with Gasteiger partial charge < -0.3 is 19.7 Å². The standard InChI is InChI=1S/C32H39NO4/c1-20(33-28(19-34)32(2,3)4)29-23-13-11-21-10-12-22(14-16-24(17-15-23)30(29)35)26(18-21)25-8-7-9-27(36-5)31(25)37-6/h7-10,12,15,17-18,28,34-35H,11,13-14,16,19H2,1-6H3/t28-/m1/s1. The van der Waals surface area contributed by atoms with Crippen LogP contribution in [0.2, 0.25) is 0 Å². The van der Waals surface area contributed by atoms with Crippen LogP contribution in [0.1, 0.15) is 55.5 Å². The van der Waals surface area contributed by atoms with Gasteiger partial charge in [0.15, 0.2) is 11.5 Å². The van der Waals surface area contributed by atoms with Crippen LogP contribution in [0.15, 0.2) is 53.5 Å². The second kappa shape index (κ2) is 11.0. The Bertz CT molecular complexity index is 1300. The van der Waals surface area contributed by atoms with E-state index in [2.05, 4.69) is 57.2 Å². The summed E-state index contributed by atoms with van der Waals surface area (Å²) in [6.45, 7) is 8.15. The minimum absolute atomic E-state index is 0.0288. The largest absolute Gasteiger partial charge is 0.507 e. The van der Waals surface area contributed by atoms with Crippen molar-refractivity contribution in [3.63, 3.8) is 0 Å². The van der Waals surface area contributed by atoms with Crippen molar-refractivity contribution in [3.8, 4) is 28.4 Å². The van der Waals surface area contributed by atoms with E-state index in [1.54, 1.807) is 14.2 Å². The zero-order valence-corrected chi connectivity index (χ0v) is 22.9. The predicted molar refractivity (Wildman–Crippen MR) is 150 cm³/mol. The summed E-state index contributed by atoms with van der Waals surface area (Å²) in [7, 11) is 3.33. The summed E-state index contributed by atoms with van der Waals surface area (Å²) in [5.41, 5.74) is 7.93. The van der Waals surface area contributed by atoms with Crippen LogP contribution in [0.25, 0.3) is 11.1 Å². The first kappa shape index (κ1) is 26.7. The van der Waals surface area contributed by atoms with Crippen molar-refractivity contribution >= 4 is 5.71 Å². The number of methoxy groups -OCH3 is 2. The molecule has 4 bridgehead atoms. The van der Waals surface area contributed by atoms with Gasteiger partial charge >= 0.3 is 0 Å². The summed E-state index contributed by atoms with van der Waals surface area (Å²) >= 11 is 0. The number of nitrogens with zero attached hydrogens (tertiary/aromatic N) is 1. The molecule has 0 aromatic heterocycles. The van der Waals surface area contributed by atoms with Gasteiger partial charge in [-0.3, -0.25) is 4.99 Å². The Morgan fingerprint density at radius 1 is 0.892 bits per heavy atom. The van der Waals surface area contributed by atoms with Crippen LogP contribution in [0.3, 0.4) is 0 Å². The number of phenolic OH excluding ortho intramolecular Hbond substituents is 1. The number of aryl methyl sites for hydroxylation is 4. The Morgan fingerprint density at radius 2 is 1.57 bits per heavy atom. The lowest BCUT2D eigenvalue weighted by Crippen LogP contribution is -2.29. The number of phenols is 1. The number of rotatable bonds is 6. The predicted octanol–water partition coefficient (Wildman–Crippen LogP) is 6.18. The second-order valence-electron chi connectivity index (χ2n) is 10.9. The van der Waals surface area contributed by atoms with Gasteiger partial charge in [-0.25, -0.2) is 0 Å². The lowest BCUT2D eigenvalue weighted by atomic mass is 9.86. The first-order valence-corrected chi connectivity index (χ1v) is 13.0. The lowest BCUT2D eigenvalue weighted by molar-refractivity contribution is 0.190.